The van der Waals surface area contributed by atoms with E-state index >= 15 is 0 Å². The first-order valence-electron chi connectivity index (χ1n) is 0. The molecule has 0 saturated heterocycles. The Kier molecular flexibility index (Phi) is 89.7. The maximum Gasteiger partial charge on any atom is 0 e. The second kappa shape index (κ2) is 15.9. The van der Waals surface area contributed by atoms with Crippen molar-refractivity contribution in [3.05, 3.63) is 0 Å². The van der Waals surface area contributed by atoms with Crippen LogP contribution in [-0.4, -0.2) is 175 Å². The van der Waals surface area contributed by atoms with E-state index in [0.717, 1.165) is 0 Å². The fraction of sp³-hybridized carbons (Fsp3) is 0. The van der Waals surface area contributed by atoms with Crippen LogP contribution in [0.5, 0.6) is 0 Å². The molecule has 0 amide bonds. The standard InChI is InChI=1S/Ba.K.Na.Sr. The van der Waals surface area contributed by atoms with Gasteiger partial charge in [0.05, 0.1) is 0 Å². The van der Waals surface area contributed by atoms with E-state index in [0.29, 0.717) is 0 Å². The number of rotatable bonds is 0. The average Bonchev–Trinajstić information content (AvgIpc) is 0. The summed E-state index contributed by atoms with van der Waals surface area (Å²) in [7, 11) is 0. The summed E-state index contributed by atoms with van der Waals surface area (Å²) in [5.41, 5.74) is 0. The average molecular weight is 287 g/mol. The summed E-state index contributed by atoms with van der Waals surface area (Å²) in [5.74, 6) is 0. The van der Waals surface area contributed by atoms with E-state index in [1.54, 1.807) is 0 Å². The van der Waals surface area contributed by atoms with Crippen LogP contribution in [0.4, 0.5) is 0 Å². The van der Waals surface area contributed by atoms with Crippen LogP contribution >= 0.6 is 0 Å². The van der Waals surface area contributed by atoms with Crippen molar-refractivity contribution in [1.82, 2.24) is 0 Å². The molecule has 0 rings (SSSR count). The quantitative estimate of drug-likeness (QED) is 0.475. The van der Waals surface area contributed by atoms with Crippen molar-refractivity contribution in [1.29, 1.82) is 0 Å². The first kappa shape index (κ1) is 22.6. The van der Waals surface area contributed by atoms with Gasteiger partial charge in [-0.25, -0.2) is 0 Å². The molecule has 0 aromatic carbocycles. The van der Waals surface area contributed by atoms with E-state index in [4.69, 9.17) is 0 Å². The van der Waals surface area contributed by atoms with Crippen molar-refractivity contribution in [3.8, 4) is 0 Å². The molecule has 0 saturated carbocycles. The Bertz CT molecular complexity index is 8.00. The Balaban J connectivity index is 0. The van der Waals surface area contributed by atoms with E-state index < -0.39 is 0 Å². The van der Waals surface area contributed by atoms with Crippen LogP contribution in [0.3, 0.4) is 0 Å². The first-order chi connectivity index (χ1) is 0. The molecule has 0 aliphatic heterocycles. The molecule has 0 aromatic heterocycles. The van der Waals surface area contributed by atoms with Gasteiger partial charge in [-0.05, 0) is 0 Å². The Morgan fingerprint density at radius 1 is 1.00 bits per heavy atom. The Morgan fingerprint density at radius 2 is 1.00 bits per heavy atom. The molecule has 0 nitrogen and oxygen atoms in total. The van der Waals surface area contributed by atoms with Crippen LogP contribution in [0, 0.1) is 0 Å². The van der Waals surface area contributed by atoms with Gasteiger partial charge >= 0.3 is 0 Å². The van der Waals surface area contributed by atoms with Crippen molar-refractivity contribution in [3.63, 3.8) is 0 Å². The van der Waals surface area contributed by atoms with Crippen LogP contribution in [0.2, 0.25) is 0 Å². The first-order valence-corrected chi connectivity index (χ1v) is 0. The van der Waals surface area contributed by atoms with Gasteiger partial charge in [0.25, 0.3) is 0 Å². The van der Waals surface area contributed by atoms with E-state index in [9.17, 15) is 0 Å². The van der Waals surface area contributed by atoms with E-state index in [1.807, 2.05) is 0 Å². The van der Waals surface area contributed by atoms with Gasteiger partial charge in [0.1, 0.15) is 0 Å². The van der Waals surface area contributed by atoms with E-state index in [1.165, 1.54) is 0 Å². The molecular weight excluding hydrogens is 287 g/mol. The maximum absolute atomic E-state index is 0. The van der Waals surface area contributed by atoms with Crippen LogP contribution in [0.1, 0.15) is 0 Å². The van der Waals surface area contributed by atoms with Gasteiger partial charge < -0.3 is 0 Å². The molecule has 6 valence electrons. The summed E-state index contributed by atoms with van der Waals surface area (Å²) in [5, 5.41) is 0. The van der Waals surface area contributed by atoms with Gasteiger partial charge in [0, 0.05) is 175 Å². The fourth-order valence-corrected chi connectivity index (χ4v) is 0. The minimum Gasteiger partial charge on any atom is 0 e. The normalized spacial score (nSPS) is 0. The summed E-state index contributed by atoms with van der Waals surface area (Å²) in [6, 6.07) is 0. The zero-order valence-corrected chi connectivity index (χ0v) is 16.5. The molecule has 4 heavy (non-hydrogen) atoms. The maximum atomic E-state index is 0. The molecule has 4 heteroatoms. The van der Waals surface area contributed by atoms with E-state index in [-0.39, 0.29) is 175 Å². The molecule has 0 aromatic rings. The molecular formula is BaKNaSr. The third kappa shape index (κ3) is 10.6. The Morgan fingerprint density at radius 3 is 1.00 bits per heavy atom. The second-order valence-corrected chi connectivity index (χ2v) is 0. The van der Waals surface area contributed by atoms with Crippen molar-refractivity contribution >= 4 is 175 Å². The zero-order chi connectivity index (χ0) is 0. The summed E-state index contributed by atoms with van der Waals surface area (Å²) in [4.78, 5) is 0. The molecule has 0 aliphatic rings. The van der Waals surface area contributed by atoms with Crippen molar-refractivity contribution in [2.45, 2.75) is 0 Å². The van der Waals surface area contributed by atoms with Gasteiger partial charge in [0.15, 0.2) is 0 Å². The molecule has 0 bridgehead atoms. The summed E-state index contributed by atoms with van der Waals surface area (Å²) < 4.78 is 0. The largest absolute Gasteiger partial charge is 0 e. The number of hydrogen-bond acceptors (Lipinski definition) is 0. The SMILES string of the molecule is [Ba].[K].[Na].[Sr]. The van der Waals surface area contributed by atoms with E-state index in [2.05, 4.69) is 0 Å². The molecule has 0 atom stereocenters. The minimum atomic E-state index is 0. The van der Waals surface area contributed by atoms with Crippen LogP contribution < -0.4 is 0 Å². The topological polar surface area (TPSA) is 0 Å². The molecule has 0 fully saturated rings. The predicted octanol–water partition coefficient (Wildman–Crippen LogP) is -1.52. The van der Waals surface area contributed by atoms with Gasteiger partial charge in [-0.15, -0.1) is 0 Å². The molecule has 0 unspecified atom stereocenters. The molecule has 0 N–H and O–H groups in total. The molecule has 0 aliphatic carbocycles. The van der Waals surface area contributed by atoms with Gasteiger partial charge in [-0.3, -0.25) is 0 Å². The van der Waals surface area contributed by atoms with Gasteiger partial charge in [-0.2, -0.15) is 0 Å². The van der Waals surface area contributed by atoms with Crippen molar-refractivity contribution < 1.29 is 0 Å². The summed E-state index contributed by atoms with van der Waals surface area (Å²) in [6.45, 7) is 0. The summed E-state index contributed by atoms with van der Waals surface area (Å²) in [6.07, 6.45) is 0. The van der Waals surface area contributed by atoms with Gasteiger partial charge in [-0.1, -0.05) is 0 Å². The monoisotopic (exact) mass is 288 g/mol. The molecule has 6 radical (unpaired) electrons. The van der Waals surface area contributed by atoms with Crippen molar-refractivity contribution in [2.24, 2.45) is 0 Å². The third-order valence-electron chi connectivity index (χ3n) is 0. The van der Waals surface area contributed by atoms with Crippen LogP contribution in [0.15, 0.2) is 0 Å². The Hall–Kier alpha value is 5.69. The smallest absolute Gasteiger partial charge is 0 e. The molecule has 0 spiro atoms. The zero-order valence-electron chi connectivity index (χ0n) is 3.41. The number of hydrogen-bond donors (Lipinski definition) is 0. The third-order valence-corrected chi connectivity index (χ3v) is 0. The Labute approximate surface area is 169 Å². The van der Waals surface area contributed by atoms with Crippen molar-refractivity contribution in [2.75, 3.05) is 0 Å². The summed E-state index contributed by atoms with van der Waals surface area (Å²) >= 11 is 0. The second-order valence-electron chi connectivity index (χ2n) is 0. The van der Waals surface area contributed by atoms with Crippen LogP contribution in [-0.2, 0) is 0 Å². The molecule has 0 heterocycles. The fourth-order valence-electron chi connectivity index (χ4n) is 0. The predicted molar refractivity (Wildman–Crippen MR) is 23.0 cm³/mol. The van der Waals surface area contributed by atoms with Gasteiger partial charge in [0.2, 0.25) is 0 Å². The minimum absolute atomic E-state index is 0. The van der Waals surface area contributed by atoms with Crippen LogP contribution in [0.25, 0.3) is 0 Å².